The maximum absolute atomic E-state index is 3.87. The summed E-state index contributed by atoms with van der Waals surface area (Å²) >= 11 is 3.87. The molecule has 0 aliphatic heterocycles. The van der Waals surface area contributed by atoms with E-state index in [4.69, 9.17) is 0 Å². The summed E-state index contributed by atoms with van der Waals surface area (Å²) in [7, 11) is 0. The van der Waals surface area contributed by atoms with Crippen LogP contribution in [0.3, 0.4) is 0 Å². The second-order valence-corrected chi connectivity index (χ2v) is 11.6. The van der Waals surface area contributed by atoms with Crippen molar-refractivity contribution >= 4 is 65.6 Å². The van der Waals surface area contributed by atoms with Crippen LogP contribution in [-0.2, 0) is 0 Å². The van der Waals surface area contributed by atoms with Crippen LogP contribution in [0.1, 0.15) is 0 Å². The van der Waals surface area contributed by atoms with Gasteiger partial charge in [-0.25, -0.2) is 0 Å². The first-order valence-corrected chi connectivity index (χ1v) is 15.3. The highest BCUT2D eigenvalue weighted by atomic mass is 79.9. The summed E-state index contributed by atoms with van der Waals surface area (Å²) in [5.41, 5.74) is 9.26. The topological polar surface area (TPSA) is 8.17 Å². The molecule has 0 fully saturated rings. The minimum absolute atomic E-state index is 1.11. The zero-order valence-corrected chi connectivity index (χ0v) is 24.9. The van der Waals surface area contributed by atoms with Gasteiger partial charge in [0.25, 0.3) is 0 Å². The fourth-order valence-electron chi connectivity index (χ4n) is 6.28. The average molecular weight is 616 g/mol. The van der Waals surface area contributed by atoms with E-state index in [2.05, 4.69) is 189 Å². The molecule has 8 rings (SSSR count). The van der Waals surface area contributed by atoms with E-state index >= 15 is 0 Å². The second-order valence-electron chi connectivity index (χ2n) is 10.8. The number of para-hydroxylation sites is 2. The molecule has 204 valence electrons. The molecular weight excluding hydrogens is 588 g/mol. The molecule has 0 N–H and O–H groups in total. The van der Waals surface area contributed by atoms with Crippen LogP contribution >= 0.6 is 15.9 Å². The number of nitrogens with zero attached hydrogens (tertiary/aromatic N) is 2. The maximum atomic E-state index is 3.87. The molecule has 1 heterocycles. The Morgan fingerprint density at radius 1 is 0.442 bits per heavy atom. The van der Waals surface area contributed by atoms with Crippen molar-refractivity contribution in [2.24, 2.45) is 0 Å². The fourth-order valence-corrected chi connectivity index (χ4v) is 6.86. The first-order valence-electron chi connectivity index (χ1n) is 14.5. The highest BCUT2D eigenvalue weighted by Crippen LogP contribution is 2.43. The molecule has 0 aliphatic rings. The minimum Gasteiger partial charge on any atom is -0.310 e. The number of fused-ring (bicyclic) bond motifs is 5. The van der Waals surface area contributed by atoms with Crippen molar-refractivity contribution in [2.45, 2.75) is 0 Å². The zero-order chi connectivity index (χ0) is 28.8. The highest BCUT2D eigenvalue weighted by Gasteiger charge is 2.19. The molecule has 2 nitrogen and oxygen atoms in total. The monoisotopic (exact) mass is 614 g/mol. The fraction of sp³-hybridized carbons (Fsp3) is 0. The van der Waals surface area contributed by atoms with Crippen molar-refractivity contribution in [3.63, 3.8) is 0 Å². The van der Waals surface area contributed by atoms with E-state index in [1.54, 1.807) is 0 Å². The Hall–Kier alpha value is -5.12. The summed E-state index contributed by atoms with van der Waals surface area (Å²) in [6.45, 7) is 0. The first-order chi connectivity index (χ1) is 21.3. The summed E-state index contributed by atoms with van der Waals surface area (Å²) in [6.07, 6.45) is 0. The standard InChI is InChI=1S/C40H27BrN2/c41-36-18-10-13-30-21-26-37-40(39(30)36)35-25-24-34(27-38(35)43(37)32-16-8-3-9-17-32)42(31-14-6-2-7-15-31)33-22-19-29(20-23-33)28-11-4-1-5-12-28/h1-27H. The van der Waals surface area contributed by atoms with E-state index in [9.17, 15) is 0 Å². The van der Waals surface area contributed by atoms with Gasteiger partial charge in [-0.2, -0.15) is 0 Å². The van der Waals surface area contributed by atoms with Crippen LogP contribution < -0.4 is 4.90 Å². The van der Waals surface area contributed by atoms with Crippen LogP contribution in [0.15, 0.2) is 168 Å². The predicted octanol–water partition coefficient (Wildman–Crippen LogP) is 11.8. The van der Waals surface area contributed by atoms with Gasteiger partial charge in [0, 0.05) is 43.4 Å². The molecule has 0 atom stereocenters. The van der Waals surface area contributed by atoms with E-state index in [-0.39, 0.29) is 0 Å². The number of hydrogen-bond acceptors (Lipinski definition) is 1. The molecule has 0 saturated heterocycles. The molecule has 0 radical (unpaired) electrons. The summed E-state index contributed by atoms with van der Waals surface area (Å²) in [5, 5.41) is 4.95. The minimum atomic E-state index is 1.11. The van der Waals surface area contributed by atoms with E-state index < -0.39 is 0 Å². The van der Waals surface area contributed by atoms with Crippen LogP contribution in [0.25, 0.3) is 49.4 Å². The molecule has 0 unspecified atom stereocenters. The lowest BCUT2D eigenvalue weighted by Crippen LogP contribution is -2.10. The smallest absolute Gasteiger partial charge is 0.0562 e. The Balaban J connectivity index is 1.38. The van der Waals surface area contributed by atoms with Gasteiger partial charge in [-0.05, 0) is 77.2 Å². The molecule has 0 bridgehead atoms. The van der Waals surface area contributed by atoms with Gasteiger partial charge in [-0.1, -0.05) is 119 Å². The third kappa shape index (κ3) is 4.41. The SMILES string of the molecule is Brc1cccc2ccc3c(c4ccc(N(c5ccccc5)c5ccc(-c6ccccc6)cc5)cc4n3-c3ccccc3)c12. The molecule has 7 aromatic carbocycles. The number of halogens is 1. The van der Waals surface area contributed by atoms with Crippen molar-refractivity contribution < 1.29 is 0 Å². The zero-order valence-electron chi connectivity index (χ0n) is 23.4. The van der Waals surface area contributed by atoms with Gasteiger partial charge in [0.2, 0.25) is 0 Å². The van der Waals surface area contributed by atoms with Gasteiger partial charge >= 0.3 is 0 Å². The van der Waals surface area contributed by atoms with Crippen LogP contribution in [0.5, 0.6) is 0 Å². The summed E-state index contributed by atoms with van der Waals surface area (Å²) in [5.74, 6) is 0. The number of anilines is 3. The van der Waals surface area contributed by atoms with Crippen molar-refractivity contribution in [2.75, 3.05) is 4.90 Å². The van der Waals surface area contributed by atoms with Crippen molar-refractivity contribution in [3.05, 3.63) is 168 Å². The normalized spacial score (nSPS) is 11.4. The Labute approximate surface area is 259 Å². The first kappa shape index (κ1) is 25.6. The van der Waals surface area contributed by atoms with E-state index in [1.807, 2.05) is 0 Å². The quantitative estimate of drug-likeness (QED) is 0.187. The van der Waals surface area contributed by atoms with E-state index in [0.717, 1.165) is 27.2 Å². The number of aromatic nitrogens is 1. The number of rotatable bonds is 5. The summed E-state index contributed by atoms with van der Waals surface area (Å²) in [6, 6.07) is 58.5. The maximum Gasteiger partial charge on any atom is 0.0562 e. The third-order valence-corrected chi connectivity index (χ3v) is 8.89. The third-order valence-electron chi connectivity index (χ3n) is 8.22. The molecule has 0 aliphatic carbocycles. The summed E-state index contributed by atoms with van der Waals surface area (Å²) < 4.78 is 3.51. The molecule has 43 heavy (non-hydrogen) atoms. The van der Waals surface area contributed by atoms with Gasteiger partial charge in [0.05, 0.1) is 11.0 Å². The molecule has 3 heteroatoms. The van der Waals surface area contributed by atoms with Gasteiger partial charge in [-0.15, -0.1) is 0 Å². The summed E-state index contributed by atoms with van der Waals surface area (Å²) in [4.78, 5) is 2.34. The highest BCUT2D eigenvalue weighted by molar-refractivity contribution is 9.10. The molecular formula is C40H27BrN2. The van der Waals surface area contributed by atoms with E-state index in [1.165, 1.54) is 43.7 Å². The Kier molecular flexibility index (Phi) is 6.31. The predicted molar refractivity (Wildman–Crippen MR) is 186 cm³/mol. The Bertz CT molecular complexity index is 2220. The van der Waals surface area contributed by atoms with E-state index in [0.29, 0.717) is 0 Å². The van der Waals surface area contributed by atoms with Crippen LogP contribution in [0, 0.1) is 0 Å². The van der Waals surface area contributed by atoms with Gasteiger partial charge in [-0.3, -0.25) is 0 Å². The molecule has 0 saturated carbocycles. The van der Waals surface area contributed by atoms with Crippen molar-refractivity contribution in [3.8, 4) is 16.8 Å². The van der Waals surface area contributed by atoms with Gasteiger partial charge in [0.15, 0.2) is 0 Å². The molecule has 0 amide bonds. The van der Waals surface area contributed by atoms with Crippen LogP contribution in [-0.4, -0.2) is 4.57 Å². The average Bonchev–Trinajstić information content (AvgIpc) is 3.40. The molecule has 0 spiro atoms. The molecule has 1 aromatic heterocycles. The van der Waals surface area contributed by atoms with Crippen molar-refractivity contribution in [1.29, 1.82) is 0 Å². The Morgan fingerprint density at radius 2 is 1.07 bits per heavy atom. The lowest BCUT2D eigenvalue weighted by Gasteiger charge is -2.26. The van der Waals surface area contributed by atoms with Gasteiger partial charge in [0.1, 0.15) is 0 Å². The largest absolute Gasteiger partial charge is 0.310 e. The second kappa shape index (κ2) is 10.6. The molecule has 8 aromatic rings. The lowest BCUT2D eigenvalue weighted by molar-refractivity contribution is 1.18. The number of benzene rings is 7. The Morgan fingerprint density at radius 3 is 1.81 bits per heavy atom. The lowest BCUT2D eigenvalue weighted by atomic mass is 10.0. The number of hydrogen-bond donors (Lipinski definition) is 0. The van der Waals surface area contributed by atoms with Crippen LogP contribution in [0.4, 0.5) is 17.1 Å². The van der Waals surface area contributed by atoms with Gasteiger partial charge < -0.3 is 9.47 Å². The van der Waals surface area contributed by atoms with Crippen molar-refractivity contribution in [1.82, 2.24) is 4.57 Å². The van der Waals surface area contributed by atoms with Crippen LogP contribution in [0.2, 0.25) is 0 Å².